The highest BCUT2D eigenvalue weighted by Crippen LogP contribution is 2.21. The van der Waals surface area contributed by atoms with E-state index < -0.39 is 12.2 Å². The average molecular weight is 252 g/mol. The number of nitrogens with two attached hydrogens (primary N) is 2. The predicted octanol–water partition coefficient (Wildman–Crippen LogP) is 0.451. The van der Waals surface area contributed by atoms with Crippen molar-refractivity contribution in [1.82, 2.24) is 0 Å². The van der Waals surface area contributed by atoms with Crippen molar-refractivity contribution >= 4 is 0 Å². The summed E-state index contributed by atoms with van der Waals surface area (Å²) in [6.45, 7) is 4.32. The second kappa shape index (κ2) is 6.85. The van der Waals surface area contributed by atoms with Gasteiger partial charge < -0.3 is 21.7 Å². The topological polar surface area (TPSA) is 92.5 Å². The SMILES string of the molecule is CC(O)Cc1ccc(CC(C)O)c(CN)c1CN. The van der Waals surface area contributed by atoms with Crippen LogP contribution >= 0.6 is 0 Å². The van der Waals surface area contributed by atoms with Crippen molar-refractivity contribution in [2.75, 3.05) is 0 Å². The molecule has 0 spiro atoms. The Morgan fingerprint density at radius 2 is 1.22 bits per heavy atom. The summed E-state index contributed by atoms with van der Waals surface area (Å²) in [5.41, 5.74) is 15.7. The molecule has 0 saturated heterocycles. The van der Waals surface area contributed by atoms with Crippen LogP contribution in [0.5, 0.6) is 0 Å². The lowest BCUT2D eigenvalue weighted by Gasteiger charge is -2.18. The zero-order valence-corrected chi connectivity index (χ0v) is 11.2. The van der Waals surface area contributed by atoms with E-state index in [1.165, 1.54) is 0 Å². The van der Waals surface area contributed by atoms with E-state index in [1.807, 2.05) is 12.1 Å². The third kappa shape index (κ3) is 3.78. The van der Waals surface area contributed by atoms with Crippen LogP contribution in [0.2, 0.25) is 0 Å². The molecule has 0 amide bonds. The van der Waals surface area contributed by atoms with Crippen molar-refractivity contribution in [2.45, 2.75) is 52.0 Å². The molecule has 0 aliphatic rings. The first-order valence-electron chi connectivity index (χ1n) is 6.38. The van der Waals surface area contributed by atoms with Crippen LogP contribution < -0.4 is 11.5 Å². The fourth-order valence-electron chi connectivity index (χ4n) is 2.32. The molecular formula is C14H24N2O2. The molecule has 0 saturated carbocycles. The molecule has 0 radical (unpaired) electrons. The van der Waals surface area contributed by atoms with Gasteiger partial charge in [0.2, 0.25) is 0 Å². The quantitative estimate of drug-likeness (QED) is 0.591. The summed E-state index contributed by atoms with van der Waals surface area (Å²) in [6.07, 6.45) is 0.357. The minimum absolute atomic E-state index is 0.400. The van der Waals surface area contributed by atoms with E-state index in [4.69, 9.17) is 11.5 Å². The maximum absolute atomic E-state index is 9.49. The van der Waals surface area contributed by atoms with Gasteiger partial charge in [0, 0.05) is 13.1 Å². The first kappa shape index (κ1) is 15.1. The molecule has 0 fully saturated rings. The van der Waals surface area contributed by atoms with Gasteiger partial charge in [-0.2, -0.15) is 0 Å². The van der Waals surface area contributed by atoms with Crippen molar-refractivity contribution in [3.63, 3.8) is 0 Å². The third-order valence-corrected chi connectivity index (χ3v) is 3.06. The molecule has 4 heteroatoms. The van der Waals surface area contributed by atoms with Gasteiger partial charge in [0.15, 0.2) is 0 Å². The maximum atomic E-state index is 9.49. The van der Waals surface area contributed by atoms with Crippen LogP contribution in [0.25, 0.3) is 0 Å². The molecule has 1 aromatic carbocycles. The Balaban J connectivity index is 3.18. The summed E-state index contributed by atoms with van der Waals surface area (Å²) in [5, 5.41) is 19.0. The number of aliphatic hydroxyl groups excluding tert-OH is 2. The molecule has 6 N–H and O–H groups in total. The van der Waals surface area contributed by atoms with Crippen LogP contribution in [0.15, 0.2) is 12.1 Å². The van der Waals surface area contributed by atoms with Crippen LogP contribution in [-0.4, -0.2) is 22.4 Å². The smallest absolute Gasteiger partial charge is 0.0552 e. The molecule has 1 aromatic rings. The Morgan fingerprint density at radius 3 is 1.44 bits per heavy atom. The summed E-state index contributed by atoms with van der Waals surface area (Å²) >= 11 is 0. The molecule has 0 bridgehead atoms. The van der Waals surface area contributed by atoms with E-state index in [0.29, 0.717) is 25.9 Å². The summed E-state index contributed by atoms with van der Waals surface area (Å²) in [7, 11) is 0. The largest absolute Gasteiger partial charge is 0.393 e. The molecule has 0 aromatic heterocycles. The summed E-state index contributed by atoms with van der Waals surface area (Å²) in [4.78, 5) is 0. The first-order valence-corrected chi connectivity index (χ1v) is 6.38. The van der Waals surface area contributed by atoms with Gasteiger partial charge in [-0.25, -0.2) is 0 Å². The third-order valence-electron chi connectivity index (χ3n) is 3.06. The van der Waals surface area contributed by atoms with Gasteiger partial charge in [0.05, 0.1) is 12.2 Å². The van der Waals surface area contributed by atoms with Crippen molar-refractivity contribution in [2.24, 2.45) is 11.5 Å². The lowest BCUT2D eigenvalue weighted by atomic mass is 9.91. The molecule has 18 heavy (non-hydrogen) atoms. The van der Waals surface area contributed by atoms with E-state index >= 15 is 0 Å². The van der Waals surface area contributed by atoms with Crippen LogP contribution in [0, 0.1) is 0 Å². The van der Waals surface area contributed by atoms with Crippen molar-refractivity contribution in [3.8, 4) is 0 Å². The predicted molar refractivity (Wildman–Crippen MR) is 73.0 cm³/mol. The molecule has 0 aliphatic heterocycles. The minimum Gasteiger partial charge on any atom is -0.393 e. The maximum Gasteiger partial charge on any atom is 0.0552 e. The highest BCUT2D eigenvalue weighted by molar-refractivity contribution is 5.42. The number of rotatable bonds is 6. The molecule has 4 nitrogen and oxygen atoms in total. The number of hydrogen-bond donors (Lipinski definition) is 4. The summed E-state index contributed by atoms with van der Waals surface area (Å²) < 4.78 is 0. The highest BCUT2D eigenvalue weighted by Gasteiger charge is 2.13. The van der Waals surface area contributed by atoms with Crippen molar-refractivity contribution in [3.05, 3.63) is 34.4 Å². The van der Waals surface area contributed by atoms with E-state index in [9.17, 15) is 10.2 Å². The van der Waals surface area contributed by atoms with Gasteiger partial charge in [-0.3, -0.25) is 0 Å². The Kier molecular flexibility index (Phi) is 5.75. The van der Waals surface area contributed by atoms with E-state index in [-0.39, 0.29) is 0 Å². The number of aliphatic hydroxyl groups is 2. The lowest BCUT2D eigenvalue weighted by molar-refractivity contribution is 0.193. The monoisotopic (exact) mass is 252 g/mol. The van der Waals surface area contributed by atoms with Crippen molar-refractivity contribution < 1.29 is 10.2 Å². The Bertz CT molecular complexity index is 353. The number of hydrogen-bond acceptors (Lipinski definition) is 4. The lowest BCUT2D eigenvalue weighted by Crippen LogP contribution is -2.17. The molecule has 1 rings (SSSR count). The Hall–Kier alpha value is -0.940. The zero-order valence-electron chi connectivity index (χ0n) is 11.2. The molecule has 0 heterocycles. The van der Waals surface area contributed by atoms with Crippen LogP contribution in [0.3, 0.4) is 0 Å². The standard InChI is InChI=1S/C14H24N2O2/c1-9(17)5-11-3-4-12(6-10(2)18)14(8-16)13(11)7-15/h3-4,9-10,17-18H,5-8,15-16H2,1-2H3. The zero-order chi connectivity index (χ0) is 13.7. The van der Waals surface area contributed by atoms with Crippen LogP contribution in [-0.2, 0) is 25.9 Å². The normalized spacial score (nSPS) is 14.6. The molecule has 2 atom stereocenters. The molecule has 0 aliphatic carbocycles. The van der Waals surface area contributed by atoms with Gasteiger partial charge >= 0.3 is 0 Å². The van der Waals surface area contributed by atoms with Gasteiger partial charge in [-0.15, -0.1) is 0 Å². The Labute approximate surface area is 109 Å². The second-order valence-corrected chi connectivity index (χ2v) is 4.86. The van der Waals surface area contributed by atoms with Crippen molar-refractivity contribution in [1.29, 1.82) is 0 Å². The minimum atomic E-state index is -0.400. The van der Waals surface area contributed by atoms with Gasteiger partial charge in [-0.05, 0) is 48.9 Å². The van der Waals surface area contributed by atoms with E-state index in [1.54, 1.807) is 13.8 Å². The Morgan fingerprint density at radius 1 is 0.889 bits per heavy atom. The molecular weight excluding hydrogens is 228 g/mol. The highest BCUT2D eigenvalue weighted by atomic mass is 16.3. The molecule has 2 unspecified atom stereocenters. The van der Waals surface area contributed by atoms with E-state index in [2.05, 4.69) is 0 Å². The summed E-state index contributed by atoms with van der Waals surface area (Å²) in [6, 6.07) is 3.96. The van der Waals surface area contributed by atoms with Crippen LogP contribution in [0.4, 0.5) is 0 Å². The fraction of sp³-hybridized carbons (Fsp3) is 0.571. The van der Waals surface area contributed by atoms with E-state index in [0.717, 1.165) is 22.3 Å². The second-order valence-electron chi connectivity index (χ2n) is 4.86. The first-order chi connectivity index (χ1) is 8.49. The molecule has 102 valence electrons. The van der Waals surface area contributed by atoms with Gasteiger partial charge in [0.1, 0.15) is 0 Å². The summed E-state index contributed by atoms with van der Waals surface area (Å²) in [5.74, 6) is 0. The average Bonchev–Trinajstić information content (AvgIpc) is 2.29. The van der Waals surface area contributed by atoms with Gasteiger partial charge in [-0.1, -0.05) is 12.1 Å². The van der Waals surface area contributed by atoms with Gasteiger partial charge in [0.25, 0.3) is 0 Å². The number of benzene rings is 1. The fourth-order valence-corrected chi connectivity index (χ4v) is 2.32. The van der Waals surface area contributed by atoms with Crippen LogP contribution in [0.1, 0.15) is 36.1 Å².